The summed E-state index contributed by atoms with van der Waals surface area (Å²) in [6.07, 6.45) is 4.23. The third kappa shape index (κ3) is 1.97. The van der Waals surface area contributed by atoms with Gasteiger partial charge in [0.15, 0.2) is 0 Å². The van der Waals surface area contributed by atoms with Crippen LogP contribution in [0.4, 0.5) is 5.69 Å². The Morgan fingerprint density at radius 2 is 2.00 bits per heavy atom. The summed E-state index contributed by atoms with van der Waals surface area (Å²) in [5, 5.41) is 0. The average molecular weight is 246 g/mol. The molecule has 2 N–H and O–H groups in total. The van der Waals surface area contributed by atoms with Gasteiger partial charge in [-0.25, -0.2) is 0 Å². The van der Waals surface area contributed by atoms with Gasteiger partial charge in [0, 0.05) is 31.4 Å². The molecule has 3 heteroatoms. The second-order valence-corrected chi connectivity index (χ2v) is 5.55. The summed E-state index contributed by atoms with van der Waals surface area (Å²) in [6, 6.07) is 6.24. The second-order valence-electron chi connectivity index (χ2n) is 5.55. The maximum absolute atomic E-state index is 5.86. The van der Waals surface area contributed by atoms with Crippen molar-refractivity contribution in [1.29, 1.82) is 0 Å². The smallest absolute Gasteiger partial charge is 0.120 e. The zero-order valence-electron chi connectivity index (χ0n) is 11.1. The maximum atomic E-state index is 5.86. The zero-order valence-corrected chi connectivity index (χ0v) is 11.1. The molecular weight excluding hydrogens is 224 g/mol. The van der Waals surface area contributed by atoms with Crippen molar-refractivity contribution in [3.8, 4) is 5.75 Å². The number of hydrogen-bond acceptors (Lipinski definition) is 3. The first kappa shape index (κ1) is 11.8. The molecule has 18 heavy (non-hydrogen) atoms. The zero-order chi connectivity index (χ0) is 12.5. The minimum atomic E-state index is 0.602. The summed E-state index contributed by atoms with van der Waals surface area (Å²) >= 11 is 0. The Labute approximate surface area is 109 Å². The molecule has 0 amide bonds. The third-order valence-electron chi connectivity index (χ3n) is 4.58. The molecule has 3 rings (SSSR count). The SMILES string of the molecule is COc1ccc(CN)c(N2CC3CCCC3C2)c1. The first-order valence-corrected chi connectivity index (χ1v) is 6.93. The topological polar surface area (TPSA) is 38.5 Å². The summed E-state index contributed by atoms with van der Waals surface area (Å²) in [5.41, 5.74) is 8.37. The Hall–Kier alpha value is -1.22. The van der Waals surface area contributed by atoms with Gasteiger partial charge in [0.1, 0.15) is 5.75 Å². The molecule has 0 radical (unpaired) electrons. The molecule has 1 aliphatic carbocycles. The first-order chi connectivity index (χ1) is 8.81. The lowest BCUT2D eigenvalue weighted by atomic mass is 10.0. The Kier molecular flexibility index (Phi) is 3.16. The summed E-state index contributed by atoms with van der Waals surface area (Å²) in [4.78, 5) is 2.51. The summed E-state index contributed by atoms with van der Waals surface area (Å²) < 4.78 is 5.34. The number of benzene rings is 1. The van der Waals surface area contributed by atoms with Crippen molar-refractivity contribution in [2.75, 3.05) is 25.1 Å². The highest BCUT2D eigenvalue weighted by atomic mass is 16.5. The number of hydrogen-bond donors (Lipinski definition) is 1. The lowest BCUT2D eigenvalue weighted by Crippen LogP contribution is -2.22. The van der Waals surface area contributed by atoms with Crippen molar-refractivity contribution in [3.05, 3.63) is 23.8 Å². The van der Waals surface area contributed by atoms with Crippen molar-refractivity contribution < 1.29 is 4.74 Å². The predicted octanol–water partition coefficient (Wildman–Crippen LogP) is 2.39. The fourth-order valence-corrected chi connectivity index (χ4v) is 3.57. The fourth-order valence-electron chi connectivity index (χ4n) is 3.57. The molecule has 2 atom stereocenters. The lowest BCUT2D eigenvalue weighted by Gasteiger charge is -2.23. The van der Waals surface area contributed by atoms with Gasteiger partial charge in [-0.3, -0.25) is 0 Å². The molecular formula is C15H22N2O. The van der Waals surface area contributed by atoms with E-state index in [9.17, 15) is 0 Å². The number of nitrogens with two attached hydrogens (primary N) is 1. The second kappa shape index (κ2) is 4.81. The van der Waals surface area contributed by atoms with E-state index in [1.165, 1.54) is 43.6 Å². The first-order valence-electron chi connectivity index (χ1n) is 6.93. The predicted molar refractivity (Wildman–Crippen MR) is 73.9 cm³/mol. The van der Waals surface area contributed by atoms with Crippen LogP contribution in [0, 0.1) is 11.8 Å². The number of nitrogens with zero attached hydrogens (tertiary/aromatic N) is 1. The minimum absolute atomic E-state index is 0.602. The molecule has 0 spiro atoms. The summed E-state index contributed by atoms with van der Waals surface area (Å²) in [5.74, 6) is 2.74. The van der Waals surface area contributed by atoms with E-state index in [1.807, 2.05) is 6.07 Å². The van der Waals surface area contributed by atoms with Gasteiger partial charge >= 0.3 is 0 Å². The number of fused-ring (bicyclic) bond motifs is 1. The van der Waals surface area contributed by atoms with E-state index >= 15 is 0 Å². The normalized spacial score (nSPS) is 26.4. The van der Waals surface area contributed by atoms with Crippen LogP contribution in [0.1, 0.15) is 24.8 Å². The molecule has 1 aliphatic heterocycles. The Morgan fingerprint density at radius 1 is 1.28 bits per heavy atom. The van der Waals surface area contributed by atoms with E-state index in [0.717, 1.165) is 17.6 Å². The van der Waals surface area contributed by atoms with E-state index in [-0.39, 0.29) is 0 Å². The van der Waals surface area contributed by atoms with Gasteiger partial charge in [-0.1, -0.05) is 12.5 Å². The molecule has 2 unspecified atom stereocenters. The van der Waals surface area contributed by atoms with Crippen molar-refractivity contribution in [1.82, 2.24) is 0 Å². The van der Waals surface area contributed by atoms with Crippen LogP contribution in [0.5, 0.6) is 5.75 Å². The third-order valence-corrected chi connectivity index (χ3v) is 4.58. The van der Waals surface area contributed by atoms with E-state index < -0.39 is 0 Å². The summed E-state index contributed by atoms with van der Waals surface area (Å²) in [6.45, 7) is 3.00. The standard InChI is InChI=1S/C15H22N2O/c1-18-14-6-5-11(8-16)15(7-14)17-9-12-3-2-4-13(12)10-17/h5-7,12-13H,2-4,8-10,16H2,1H3. The highest BCUT2D eigenvalue weighted by Gasteiger charge is 2.36. The minimum Gasteiger partial charge on any atom is -0.497 e. The van der Waals surface area contributed by atoms with Crippen LogP contribution in [-0.2, 0) is 6.54 Å². The van der Waals surface area contributed by atoms with Crippen LogP contribution in [0.3, 0.4) is 0 Å². The molecule has 1 saturated carbocycles. The molecule has 1 heterocycles. The van der Waals surface area contributed by atoms with Crippen LogP contribution in [-0.4, -0.2) is 20.2 Å². The Balaban J connectivity index is 1.86. The number of rotatable bonds is 3. The van der Waals surface area contributed by atoms with Crippen molar-refractivity contribution in [2.24, 2.45) is 17.6 Å². The molecule has 3 nitrogen and oxygen atoms in total. The van der Waals surface area contributed by atoms with Gasteiger partial charge in [0.05, 0.1) is 7.11 Å². The molecule has 1 saturated heterocycles. The van der Waals surface area contributed by atoms with E-state index in [0.29, 0.717) is 6.54 Å². The molecule has 98 valence electrons. The lowest BCUT2D eigenvalue weighted by molar-refractivity contribution is 0.414. The highest BCUT2D eigenvalue weighted by Crippen LogP contribution is 2.40. The molecule has 2 aliphatic rings. The van der Waals surface area contributed by atoms with E-state index in [4.69, 9.17) is 10.5 Å². The number of ether oxygens (including phenoxy) is 1. The van der Waals surface area contributed by atoms with Gasteiger partial charge in [0.2, 0.25) is 0 Å². The monoisotopic (exact) mass is 246 g/mol. The maximum Gasteiger partial charge on any atom is 0.120 e. The quantitative estimate of drug-likeness (QED) is 0.890. The van der Waals surface area contributed by atoms with Gasteiger partial charge in [-0.05, 0) is 36.3 Å². The van der Waals surface area contributed by atoms with Gasteiger partial charge in [-0.15, -0.1) is 0 Å². The number of anilines is 1. The average Bonchev–Trinajstić information content (AvgIpc) is 2.98. The summed E-state index contributed by atoms with van der Waals surface area (Å²) in [7, 11) is 1.72. The largest absolute Gasteiger partial charge is 0.497 e. The Morgan fingerprint density at radius 3 is 2.61 bits per heavy atom. The van der Waals surface area contributed by atoms with Crippen molar-refractivity contribution in [2.45, 2.75) is 25.8 Å². The molecule has 0 aromatic heterocycles. The number of methoxy groups -OCH3 is 1. The van der Waals surface area contributed by atoms with Crippen LogP contribution >= 0.6 is 0 Å². The van der Waals surface area contributed by atoms with E-state index in [2.05, 4.69) is 17.0 Å². The van der Waals surface area contributed by atoms with Crippen LogP contribution in [0.15, 0.2) is 18.2 Å². The fraction of sp³-hybridized carbons (Fsp3) is 0.600. The van der Waals surface area contributed by atoms with Crippen LogP contribution in [0.25, 0.3) is 0 Å². The highest BCUT2D eigenvalue weighted by molar-refractivity contribution is 5.58. The van der Waals surface area contributed by atoms with Gasteiger partial charge < -0.3 is 15.4 Å². The molecule has 2 fully saturated rings. The van der Waals surface area contributed by atoms with E-state index in [1.54, 1.807) is 7.11 Å². The van der Waals surface area contributed by atoms with Gasteiger partial charge in [-0.2, -0.15) is 0 Å². The van der Waals surface area contributed by atoms with Crippen molar-refractivity contribution >= 4 is 5.69 Å². The van der Waals surface area contributed by atoms with Gasteiger partial charge in [0.25, 0.3) is 0 Å². The van der Waals surface area contributed by atoms with Crippen LogP contribution in [0.2, 0.25) is 0 Å². The Bertz CT molecular complexity index is 421. The van der Waals surface area contributed by atoms with Crippen LogP contribution < -0.4 is 15.4 Å². The van der Waals surface area contributed by atoms with Crippen molar-refractivity contribution in [3.63, 3.8) is 0 Å². The molecule has 1 aromatic carbocycles. The molecule has 0 bridgehead atoms. The molecule has 1 aromatic rings.